The Morgan fingerprint density at radius 2 is 2.12 bits per heavy atom. The number of methoxy groups -OCH3 is 1. The van der Waals surface area contributed by atoms with E-state index in [2.05, 4.69) is 0 Å². The van der Waals surface area contributed by atoms with Crippen LogP contribution in [0.5, 0.6) is 5.75 Å². The van der Waals surface area contributed by atoms with E-state index in [4.69, 9.17) is 10.5 Å². The normalized spacial score (nSPS) is 23.9. The number of hydrogen-bond acceptors (Lipinski definition) is 2. The lowest BCUT2D eigenvalue weighted by Gasteiger charge is -2.18. The lowest BCUT2D eigenvalue weighted by Crippen LogP contribution is -2.20. The predicted octanol–water partition coefficient (Wildman–Crippen LogP) is 2.75. The van der Waals surface area contributed by atoms with Crippen LogP contribution in [0.1, 0.15) is 24.8 Å². The summed E-state index contributed by atoms with van der Waals surface area (Å²) < 4.78 is 18.5. The Labute approximate surface area is 102 Å². The molecule has 0 bridgehead atoms. The molecule has 0 spiro atoms. The zero-order chi connectivity index (χ0) is 12.3. The molecule has 0 aliphatic heterocycles. The van der Waals surface area contributed by atoms with Gasteiger partial charge in [0.25, 0.3) is 0 Å². The van der Waals surface area contributed by atoms with Gasteiger partial charge in [0, 0.05) is 0 Å². The summed E-state index contributed by atoms with van der Waals surface area (Å²) in [5, 5.41) is 0. The number of ether oxygens (including phenoxy) is 1. The van der Waals surface area contributed by atoms with E-state index in [-0.39, 0.29) is 5.82 Å². The van der Waals surface area contributed by atoms with Gasteiger partial charge in [-0.05, 0) is 55.3 Å². The van der Waals surface area contributed by atoms with Crippen LogP contribution in [0.3, 0.4) is 0 Å². The number of hydrogen-bond donors (Lipinski definition) is 1. The molecule has 1 aromatic carbocycles. The van der Waals surface area contributed by atoms with Gasteiger partial charge < -0.3 is 10.5 Å². The Morgan fingerprint density at radius 3 is 2.76 bits per heavy atom. The van der Waals surface area contributed by atoms with Crippen LogP contribution in [0.25, 0.3) is 0 Å². The Balaban J connectivity index is 2.05. The zero-order valence-corrected chi connectivity index (χ0v) is 10.3. The first kappa shape index (κ1) is 12.4. The summed E-state index contributed by atoms with van der Waals surface area (Å²) in [6, 6.07) is 5.25. The second kappa shape index (κ2) is 5.50. The Morgan fingerprint density at radius 1 is 1.35 bits per heavy atom. The predicted molar refractivity (Wildman–Crippen MR) is 66.5 cm³/mol. The summed E-state index contributed by atoms with van der Waals surface area (Å²) >= 11 is 0. The highest BCUT2D eigenvalue weighted by Crippen LogP contribution is 2.34. The second-order valence-corrected chi connectivity index (χ2v) is 4.86. The number of nitrogens with two attached hydrogens (primary N) is 1. The van der Waals surface area contributed by atoms with Crippen molar-refractivity contribution in [1.82, 2.24) is 0 Å². The number of benzene rings is 1. The van der Waals surface area contributed by atoms with Gasteiger partial charge in [-0.2, -0.15) is 0 Å². The molecule has 1 aliphatic rings. The van der Waals surface area contributed by atoms with E-state index in [1.165, 1.54) is 26.4 Å². The van der Waals surface area contributed by atoms with Crippen molar-refractivity contribution in [1.29, 1.82) is 0 Å². The third-order valence-electron chi connectivity index (χ3n) is 3.83. The van der Waals surface area contributed by atoms with E-state index in [9.17, 15) is 4.39 Å². The van der Waals surface area contributed by atoms with Crippen LogP contribution in [0.15, 0.2) is 18.2 Å². The molecule has 2 atom stereocenters. The first-order valence-corrected chi connectivity index (χ1v) is 6.27. The van der Waals surface area contributed by atoms with Crippen molar-refractivity contribution in [2.75, 3.05) is 13.7 Å². The Hall–Kier alpha value is -1.09. The average molecular weight is 237 g/mol. The van der Waals surface area contributed by atoms with Crippen molar-refractivity contribution in [3.63, 3.8) is 0 Å². The van der Waals surface area contributed by atoms with Gasteiger partial charge in [-0.15, -0.1) is 0 Å². The van der Waals surface area contributed by atoms with Crippen molar-refractivity contribution < 1.29 is 9.13 Å². The van der Waals surface area contributed by atoms with Gasteiger partial charge in [0.15, 0.2) is 11.6 Å². The topological polar surface area (TPSA) is 35.2 Å². The van der Waals surface area contributed by atoms with E-state index in [0.29, 0.717) is 17.6 Å². The monoisotopic (exact) mass is 237 g/mol. The van der Waals surface area contributed by atoms with Crippen LogP contribution in [-0.2, 0) is 6.42 Å². The van der Waals surface area contributed by atoms with Crippen LogP contribution in [0, 0.1) is 17.7 Å². The highest BCUT2D eigenvalue weighted by Gasteiger charge is 2.26. The maximum absolute atomic E-state index is 13.6. The fourth-order valence-corrected chi connectivity index (χ4v) is 2.83. The molecule has 2 N–H and O–H groups in total. The third-order valence-corrected chi connectivity index (χ3v) is 3.83. The SMILES string of the molecule is COc1ccc(CC2CCCC2CN)cc1F. The van der Waals surface area contributed by atoms with Crippen molar-refractivity contribution in [3.8, 4) is 5.75 Å². The summed E-state index contributed by atoms with van der Waals surface area (Å²) in [6.45, 7) is 0.753. The zero-order valence-electron chi connectivity index (χ0n) is 10.3. The van der Waals surface area contributed by atoms with Gasteiger partial charge in [0.05, 0.1) is 7.11 Å². The minimum Gasteiger partial charge on any atom is -0.494 e. The van der Waals surface area contributed by atoms with Gasteiger partial charge in [-0.3, -0.25) is 0 Å². The molecule has 0 amide bonds. The standard InChI is InChI=1S/C14H20FNO/c1-17-14-6-5-10(8-13(14)15)7-11-3-2-4-12(11)9-16/h5-6,8,11-12H,2-4,7,9,16H2,1H3. The van der Waals surface area contributed by atoms with Crippen LogP contribution >= 0.6 is 0 Å². The van der Waals surface area contributed by atoms with Crippen molar-refractivity contribution >= 4 is 0 Å². The molecule has 94 valence electrons. The maximum atomic E-state index is 13.6. The highest BCUT2D eigenvalue weighted by molar-refractivity contribution is 5.29. The smallest absolute Gasteiger partial charge is 0.165 e. The molecule has 0 aromatic heterocycles. The fourth-order valence-electron chi connectivity index (χ4n) is 2.83. The van der Waals surface area contributed by atoms with Gasteiger partial charge in [0.1, 0.15) is 0 Å². The summed E-state index contributed by atoms with van der Waals surface area (Å²) in [5.74, 6) is 1.27. The van der Waals surface area contributed by atoms with Crippen LogP contribution in [-0.4, -0.2) is 13.7 Å². The molecule has 17 heavy (non-hydrogen) atoms. The molecule has 2 nitrogen and oxygen atoms in total. The molecule has 1 aromatic rings. The lowest BCUT2D eigenvalue weighted by atomic mass is 9.90. The molecule has 0 saturated heterocycles. The molecule has 0 radical (unpaired) electrons. The van der Waals surface area contributed by atoms with Gasteiger partial charge in [-0.25, -0.2) is 4.39 Å². The molecular weight excluding hydrogens is 217 g/mol. The Bertz CT molecular complexity index is 380. The molecule has 2 rings (SSSR count). The summed E-state index contributed by atoms with van der Waals surface area (Å²) in [6.07, 6.45) is 4.63. The Kier molecular flexibility index (Phi) is 4.00. The van der Waals surface area contributed by atoms with Crippen molar-refractivity contribution in [3.05, 3.63) is 29.6 Å². The van der Waals surface area contributed by atoms with E-state index in [0.717, 1.165) is 18.5 Å². The molecule has 0 heterocycles. The first-order chi connectivity index (χ1) is 8.24. The average Bonchev–Trinajstić information content (AvgIpc) is 2.76. The molecule has 1 aliphatic carbocycles. The van der Waals surface area contributed by atoms with Gasteiger partial charge >= 0.3 is 0 Å². The highest BCUT2D eigenvalue weighted by atomic mass is 19.1. The first-order valence-electron chi connectivity index (χ1n) is 6.27. The summed E-state index contributed by atoms with van der Waals surface area (Å²) in [5.41, 5.74) is 6.81. The summed E-state index contributed by atoms with van der Waals surface area (Å²) in [7, 11) is 1.49. The van der Waals surface area contributed by atoms with E-state index >= 15 is 0 Å². The summed E-state index contributed by atoms with van der Waals surface area (Å²) in [4.78, 5) is 0. The van der Waals surface area contributed by atoms with Crippen LogP contribution < -0.4 is 10.5 Å². The van der Waals surface area contributed by atoms with Crippen molar-refractivity contribution in [2.24, 2.45) is 17.6 Å². The van der Waals surface area contributed by atoms with Gasteiger partial charge in [0.2, 0.25) is 0 Å². The largest absolute Gasteiger partial charge is 0.494 e. The molecule has 1 saturated carbocycles. The number of rotatable bonds is 4. The minimum absolute atomic E-state index is 0.271. The van der Waals surface area contributed by atoms with Crippen LogP contribution in [0.4, 0.5) is 4.39 Å². The van der Waals surface area contributed by atoms with Crippen LogP contribution in [0.2, 0.25) is 0 Å². The maximum Gasteiger partial charge on any atom is 0.165 e. The van der Waals surface area contributed by atoms with E-state index in [1.807, 2.05) is 6.07 Å². The van der Waals surface area contributed by atoms with Crippen molar-refractivity contribution in [2.45, 2.75) is 25.7 Å². The molecule has 3 heteroatoms. The second-order valence-electron chi connectivity index (χ2n) is 4.86. The number of halogens is 1. The molecule has 1 fully saturated rings. The lowest BCUT2D eigenvalue weighted by molar-refractivity contribution is 0.381. The third kappa shape index (κ3) is 2.78. The van der Waals surface area contributed by atoms with E-state index in [1.54, 1.807) is 12.1 Å². The van der Waals surface area contributed by atoms with Gasteiger partial charge in [-0.1, -0.05) is 12.5 Å². The molecular formula is C14H20FNO. The van der Waals surface area contributed by atoms with E-state index < -0.39 is 0 Å². The fraction of sp³-hybridized carbons (Fsp3) is 0.571. The quantitative estimate of drug-likeness (QED) is 0.874. The molecule has 2 unspecified atom stereocenters. The minimum atomic E-state index is -0.271.